The minimum atomic E-state index is -1.26. The minimum absolute atomic E-state index is 0.0176. The first-order valence-corrected chi connectivity index (χ1v) is 9.96. The number of aliphatic hydroxyl groups excluding tert-OH is 1. The summed E-state index contributed by atoms with van der Waals surface area (Å²) in [6, 6.07) is 7.90. The SMILES string of the molecule is Cn1cc(NC(=O)OC(C)(C)C)c(NC(=O)C[C@@H](CO)N(Cc2ccccc2)C(=O)O)n1. The van der Waals surface area contributed by atoms with Crippen LogP contribution in [0.25, 0.3) is 0 Å². The third-order valence-corrected chi connectivity index (χ3v) is 4.24. The van der Waals surface area contributed by atoms with Crippen LogP contribution >= 0.6 is 0 Å². The number of hydrogen-bond acceptors (Lipinski definition) is 6. The van der Waals surface area contributed by atoms with Crippen LogP contribution in [0.15, 0.2) is 36.5 Å². The van der Waals surface area contributed by atoms with Gasteiger partial charge in [0.1, 0.15) is 11.3 Å². The Morgan fingerprint density at radius 3 is 2.41 bits per heavy atom. The number of hydrogen-bond donors (Lipinski definition) is 4. The van der Waals surface area contributed by atoms with Gasteiger partial charge in [-0.25, -0.2) is 9.59 Å². The van der Waals surface area contributed by atoms with Crippen molar-refractivity contribution in [3.05, 3.63) is 42.1 Å². The van der Waals surface area contributed by atoms with Gasteiger partial charge in [-0.15, -0.1) is 0 Å². The number of ether oxygens (including phenoxy) is 1. The van der Waals surface area contributed by atoms with Gasteiger partial charge in [0.25, 0.3) is 0 Å². The van der Waals surface area contributed by atoms with Crippen molar-refractivity contribution in [3.63, 3.8) is 0 Å². The first-order valence-electron chi connectivity index (χ1n) is 9.96. The third kappa shape index (κ3) is 7.58. The topological polar surface area (TPSA) is 146 Å². The van der Waals surface area contributed by atoms with Crippen molar-refractivity contribution < 1.29 is 29.3 Å². The number of amides is 3. The number of carboxylic acid groups (broad SMARTS) is 1. The van der Waals surface area contributed by atoms with Crippen LogP contribution in [0.4, 0.5) is 21.1 Å². The molecule has 0 bridgehead atoms. The lowest BCUT2D eigenvalue weighted by Crippen LogP contribution is -2.43. The Labute approximate surface area is 186 Å². The summed E-state index contributed by atoms with van der Waals surface area (Å²) in [6.07, 6.45) is -0.792. The molecule has 1 heterocycles. The predicted molar refractivity (Wildman–Crippen MR) is 117 cm³/mol. The van der Waals surface area contributed by atoms with E-state index in [0.29, 0.717) is 0 Å². The van der Waals surface area contributed by atoms with E-state index in [1.807, 2.05) is 0 Å². The summed E-state index contributed by atoms with van der Waals surface area (Å²) in [5.74, 6) is -0.501. The van der Waals surface area contributed by atoms with Gasteiger partial charge in [0, 0.05) is 20.0 Å². The normalized spacial score (nSPS) is 12.0. The standard InChI is InChI=1S/C21H29N5O6/c1-21(2,3)32-19(29)22-16-12-25(4)24-18(16)23-17(28)10-15(13-27)26(20(30)31)11-14-8-6-5-7-9-14/h5-9,12,15,27H,10-11,13H2,1-4H3,(H,22,29)(H,30,31)(H,23,24,28)/t15-/m0/s1. The van der Waals surface area contributed by atoms with Crippen LogP contribution in [0.5, 0.6) is 0 Å². The number of aromatic nitrogens is 2. The van der Waals surface area contributed by atoms with E-state index in [9.17, 15) is 24.6 Å². The fraction of sp³-hybridized carbons (Fsp3) is 0.429. The fourth-order valence-corrected chi connectivity index (χ4v) is 2.89. The molecule has 0 aliphatic heterocycles. The smallest absolute Gasteiger partial charge is 0.412 e. The van der Waals surface area contributed by atoms with Gasteiger partial charge in [0.15, 0.2) is 5.82 Å². The maximum absolute atomic E-state index is 12.6. The number of nitrogens with one attached hydrogen (secondary N) is 2. The van der Waals surface area contributed by atoms with Gasteiger partial charge in [-0.2, -0.15) is 5.10 Å². The molecule has 11 heteroatoms. The van der Waals surface area contributed by atoms with Gasteiger partial charge < -0.3 is 20.3 Å². The number of aliphatic hydroxyl groups is 1. The molecule has 0 unspecified atom stereocenters. The summed E-state index contributed by atoms with van der Waals surface area (Å²) in [5, 5.41) is 28.5. The van der Waals surface area contributed by atoms with Gasteiger partial charge >= 0.3 is 12.2 Å². The Morgan fingerprint density at radius 1 is 1.19 bits per heavy atom. The lowest BCUT2D eigenvalue weighted by Gasteiger charge is -2.27. The van der Waals surface area contributed by atoms with E-state index in [0.717, 1.165) is 10.5 Å². The third-order valence-electron chi connectivity index (χ3n) is 4.24. The Hall–Kier alpha value is -3.60. The molecule has 11 nitrogen and oxygen atoms in total. The van der Waals surface area contributed by atoms with E-state index in [1.165, 1.54) is 10.9 Å². The highest BCUT2D eigenvalue weighted by Crippen LogP contribution is 2.21. The Balaban J connectivity index is 2.08. The molecule has 32 heavy (non-hydrogen) atoms. The summed E-state index contributed by atoms with van der Waals surface area (Å²) in [6.45, 7) is 4.63. The van der Waals surface area contributed by atoms with Crippen LogP contribution in [0, 0.1) is 0 Å². The van der Waals surface area contributed by atoms with Crippen molar-refractivity contribution in [1.82, 2.24) is 14.7 Å². The van der Waals surface area contributed by atoms with E-state index in [4.69, 9.17) is 4.74 Å². The molecule has 2 rings (SSSR count). The summed E-state index contributed by atoms with van der Waals surface area (Å²) in [7, 11) is 1.61. The Kier molecular flexibility index (Phi) is 8.19. The zero-order chi connectivity index (χ0) is 23.9. The number of carbonyl (C=O) groups excluding carboxylic acids is 2. The molecular weight excluding hydrogens is 418 g/mol. The first kappa shape index (κ1) is 24.7. The molecule has 1 aromatic carbocycles. The lowest BCUT2D eigenvalue weighted by atomic mass is 10.1. The number of anilines is 2. The average molecular weight is 447 g/mol. The maximum Gasteiger partial charge on any atom is 0.412 e. The number of nitrogens with zero attached hydrogens (tertiary/aromatic N) is 3. The van der Waals surface area contributed by atoms with E-state index >= 15 is 0 Å². The maximum atomic E-state index is 12.6. The molecule has 0 saturated heterocycles. The molecule has 1 aromatic heterocycles. The van der Waals surface area contributed by atoms with Gasteiger partial charge in [-0.1, -0.05) is 30.3 Å². The minimum Gasteiger partial charge on any atom is -0.465 e. The molecule has 1 atom stereocenters. The quantitative estimate of drug-likeness (QED) is 0.486. The summed E-state index contributed by atoms with van der Waals surface area (Å²) < 4.78 is 6.60. The molecule has 0 fully saturated rings. The molecule has 2 aromatic rings. The van der Waals surface area contributed by atoms with Crippen molar-refractivity contribution in [2.24, 2.45) is 7.05 Å². The predicted octanol–water partition coefficient (Wildman–Crippen LogP) is 2.64. The van der Waals surface area contributed by atoms with Crippen LogP contribution in [0.1, 0.15) is 32.8 Å². The van der Waals surface area contributed by atoms with Crippen LogP contribution in [0.2, 0.25) is 0 Å². The number of benzene rings is 1. The van der Waals surface area contributed by atoms with Crippen molar-refractivity contribution in [3.8, 4) is 0 Å². The second-order valence-corrected chi connectivity index (χ2v) is 8.18. The molecule has 4 N–H and O–H groups in total. The van der Waals surface area contributed by atoms with Gasteiger partial charge in [-0.05, 0) is 26.3 Å². The van der Waals surface area contributed by atoms with Crippen LogP contribution in [-0.2, 0) is 23.1 Å². The van der Waals surface area contributed by atoms with Crippen molar-refractivity contribution in [2.75, 3.05) is 17.2 Å². The largest absolute Gasteiger partial charge is 0.465 e. The molecule has 0 saturated carbocycles. The second kappa shape index (κ2) is 10.6. The van der Waals surface area contributed by atoms with E-state index < -0.39 is 36.3 Å². The Morgan fingerprint density at radius 2 is 1.84 bits per heavy atom. The molecule has 3 amide bonds. The van der Waals surface area contributed by atoms with Crippen LogP contribution in [0.3, 0.4) is 0 Å². The first-order chi connectivity index (χ1) is 15.0. The summed E-state index contributed by atoms with van der Waals surface area (Å²) >= 11 is 0. The fourth-order valence-electron chi connectivity index (χ4n) is 2.89. The zero-order valence-corrected chi connectivity index (χ0v) is 18.5. The molecule has 0 aliphatic carbocycles. The number of rotatable bonds is 8. The Bertz CT molecular complexity index is 938. The zero-order valence-electron chi connectivity index (χ0n) is 18.5. The van der Waals surface area contributed by atoms with Crippen LogP contribution < -0.4 is 10.6 Å². The van der Waals surface area contributed by atoms with Crippen LogP contribution in [-0.4, -0.2) is 61.2 Å². The number of carbonyl (C=O) groups is 3. The molecule has 0 spiro atoms. The summed E-state index contributed by atoms with van der Waals surface area (Å²) in [5.41, 5.74) is 0.237. The van der Waals surface area contributed by atoms with E-state index in [2.05, 4.69) is 15.7 Å². The monoisotopic (exact) mass is 447 g/mol. The highest BCUT2D eigenvalue weighted by atomic mass is 16.6. The van der Waals surface area contributed by atoms with Crippen molar-refractivity contribution in [1.29, 1.82) is 0 Å². The lowest BCUT2D eigenvalue weighted by molar-refractivity contribution is -0.117. The van der Waals surface area contributed by atoms with Gasteiger partial charge in [0.2, 0.25) is 5.91 Å². The van der Waals surface area contributed by atoms with Gasteiger partial charge in [-0.3, -0.25) is 19.7 Å². The molecular formula is C21H29N5O6. The molecule has 0 radical (unpaired) electrons. The van der Waals surface area contributed by atoms with Crippen molar-refractivity contribution in [2.45, 2.75) is 45.4 Å². The van der Waals surface area contributed by atoms with E-state index in [1.54, 1.807) is 58.2 Å². The van der Waals surface area contributed by atoms with Crippen molar-refractivity contribution >= 4 is 29.6 Å². The molecule has 174 valence electrons. The summed E-state index contributed by atoms with van der Waals surface area (Å²) in [4.78, 5) is 37.4. The highest BCUT2D eigenvalue weighted by molar-refractivity contribution is 5.96. The number of aryl methyl sites for hydroxylation is 1. The van der Waals surface area contributed by atoms with E-state index in [-0.39, 0.29) is 24.5 Å². The second-order valence-electron chi connectivity index (χ2n) is 8.18. The molecule has 0 aliphatic rings. The average Bonchev–Trinajstić information content (AvgIpc) is 3.01. The van der Waals surface area contributed by atoms with Gasteiger partial charge in [0.05, 0.1) is 18.8 Å². The highest BCUT2D eigenvalue weighted by Gasteiger charge is 2.26.